The lowest BCUT2D eigenvalue weighted by atomic mass is 9.94. The first-order chi connectivity index (χ1) is 32.7. The van der Waals surface area contributed by atoms with Crippen LogP contribution in [0.5, 0.6) is 0 Å². The van der Waals surface area contributed by atoms with E-state index >= 15 is 0 Å². The maximum atomic E-state index is 10.5. The largest absolute Gasteiger partial charge is 0.310 e. The Morgan fingerprint density at radius 1 is 0.288 bits per heavy atom. The van der Waals surface area contributed by atoms with Crippen LogP contribution >= 0.6 is 0 Å². The molecule has 0 aliphatic carbocycles. The van der Waals surface area contributed by atoms with Crippen molar-refractivity contribution >= 4 is 102 Å². The van der Waals surface area contributed by atoms with Gasteiger partial charge in [-0.3, -0.25) is 0 Å². The Balaban J connectivity index is 0.837. The summed E-state index contributed by atoms with van der Waals surface area (Å²) in [5.41, 5.74) is 11.7. The Morgan fingerprint density at radius 2 is 0.712 bits per heavy atom. The average molecular weight is 842 g/mol. The molecule has 66 heavy (non-hydrogen) atoms. The quantitative estimate of drug-likeness (QED) is 0.101. The SMILES string of the molecule is N#Cc1c2ccc(C=Cc3ccc(N(c4ccccc4)c4cccc5ccccc45)cc3)cc2cc2ccc(C=Cc3ccc(N(c4ccccc4)c4cccc5ccccc45)cc3)cc12. The Labute approximate surface area is 385 Å². The van der Waals surface area contributed by atoms with Crippen molar-refractivity contribution in [1.29, 1.82) is 5.26 Å². The molecular weight excluding hydrogens is 799 g/mol. The molecule has 0 aliphatic heterocycles. The standard InChI is InChI=1S/C63H43N3/c64-44-61-57-40-34-47(27-25-45-30-36-55(37-31-45)65(53-17-3-1-4-18-53)62-23-11-15-49-13-7-9-21-58(49)62)41-52(57)43-51-35-29-48(42-60(51)61)28-26-46-32-38-56(39-33-46)66(54-19-5-2-6-20-54)63-24-12-16-50-14-8-10-22-59(50)63/h1-43H. The minimum Gasteiger partial charge on any atom is -0.310 e. The summed E-state index contributed by atoms with van der Waals surface area (Å²) in [4.78, 5) is 4.64. The lowest BCUT2D eigenvalue weighted by molar-refractivity contribution is 1.30. The van der Waals surface area contributed by atoms with Crippen LogP contribution in [0.25, 0.3) is 67.4 Å². The van der Waals surface area contributed by atoms with Gasteiger partial charge in [0.05, 0.1) is 16.9 Å². The van der Waals surface area contributed by atoms with Crippen LogP contribution in [-0.2, 0) is 0 Å². The van der Waals surface area contributed by atoms with Gasteiger partial charge in [0.1, 0.15) is 6.07 Å². The van der Waals surface area contributed by atoms with Crippen LogP contribution in [0.4, 0.5) is 34.1 Å². The molecule has 11 aromatic carbocycles. The van der Waals surface area contributed by atoms with Gasteiger partial charge in [-0.25, -0.2) is 0 Å². The zero-order valence-corrected chi connectivity index (χ0v) is 36.2. The van der Waals surface area contributed by atoms with Crippen molar-refractivity contribution in [1.82, 2.24) is 0 Å². The molecule has 11 rings (SSSR count). The summed E-state index contributed by atoms with van der Waals surface area (Å²) in [6.45, 7) is 0. The Bertz CT molecular complexity index is 3630. The molecule has 310 valence electrons. The summed E-state index contributed by atoms with van der Waals surface area (Å²) in [6.07, 6.45) is 8.56. The van der Waals surface area contributed by atoms with E-state index in [1.165, 1.54) is 21.5 Å². The summed E-state index contributed by atoms with van der Waals surface area (Å²) in [7, 11) is 0. The molecule has 0 atom stereocenters. The van der Waals surface area contributed by atoms with Gasteiger partial charge in [-0.1, -0.05) is 182 Å². The van der Waals surface area contributed by atoms with Gasteiger partial charge in [-0.05, 0) is 123 Å². The monoisotopic (exact) mass is 841 g/mol. The molecule has 11 aromatic rings. The van der Waals surface area contributed by atoms with E-state index in [4.69, 9.17) is 0 Å². The van der Waals surface area contributed by atoms with Gasteiger partial charge in [0.15, 0.2) is 0 Å². The third kappa shape index (κ3) is 7.85. The van der Waals surface area contributed by atoms with Gasteiger partial charge >= 0.3 is 0 Å². The first kappa shape index (κ1) is 39.8. The fourth-order valence-electron chi connectivity index (χ4n) is 9.15. The van der Waals surface area contributed by atoms with E-state index in [1.807, 2.05) is 0 Å². The van der Waals surface area contributed by atoms with Crippen molar-refractivity contribution in [3.63, 3.8) is 0 Å². The van der Waals surface area contributed by atoms with Gasteiger partial charge in [-0.2, -0.15) is 5.26 Å². The molecule has 3 nitrogen and oxygen atoms in total. The van der Waals surface area contributed by atoms with E-state index in [9.17, 15) is 5.26 Å². The zero-order valence-electron chi connectivity index (χ0n) is 36.2. The predicted octanol–water partition coefficient (Wildman–Crippen LogP) is 17.5. The van der Waals surface area contributed by atoms with Crippen molar-refractivity contribution in [2.45, 2.75) is 0 Å². The van der Waals surface area contributed by atoms with E-state index in [2.05, 4.69) is 277 Å². The summed E-state index contributed by atoms with van der Waals surface area (Å²) >= 11 is 0. The van der Waals surface area contributed by atoms with Gasteiger partial charge in [0.25, 0.3) is 0 Å². The van der Waals surface area contributed by atoms with Gasteiger partial charge in [0, 0.05) is 44.3 Å². The van der Waals surface area contributed by atoms with Crippen LogP contribution in [0.3, 0.4) is 0 Å². The molecule has 0 N–H and O–H groups in total. The molecule has 0 saturated carbocycles. The minimum atomic E-state index is 0.692. The second-order valence-electron chi connectivity index (χ2n) is 16.5. The molecule has 0 unspecified atom stereocenters. The van der Waals surface area contributed by atoms with E-state index in [1.54, 1.807) is 0 Å². The highest BCUT2D eigenvalue weighted by Gasteiger charge is 2.17. The summed E-state index contributed by atoms with van der Waals surface area (Å²) in [5, 5.41) is 19.3. The predicted molar refractivity (Wildman–Crippen MR) is 281 cm³/mol. The first-order valence-electron chi connectivity index (χ1n) is 22.3. The molecule has 3 heteroatoms. The van der Waals surface area contributed by atoms with Gasteiger partial charge in [0.2, 0.25) is 0 Å². The number of benzene rings is 11. The number of anilines is 6. The maximum Gasteiger partial charge on any atom is 0.100 e. The van der Waals surface area contributed by atoms with E-state index in [0.29, 0.717) is 5.56 Å². The second kappa shape index (κ2) is 17.7. The van der Waals surface area contributed by atoms with Gasteiger partial charge < -0.3 is 9.80 Å². The van der Waals surface area contributed by atoms with E-state index < -0.39 is 0 Å². The maximum absolute atomic E-state index is 10.5. The number of nitrogens with zero attached hydrogens (tertiary/aromatic N) is 3. The molecule has 0 radical (unpaired) electrons. The van der Waals surface area contributed by atoms with Crippen LogP contribution < -0.4 is 9.80 Å². The molecule has 0 saturated heterocycles. The van der Waals surface area contributed by atoms with Crippen LogP contribution in [0.1, 0.15) is 27.8 Å². The van der Waals surface area contributed by atoms with Crippen molar-refractivity contribution in [2.75, 3.05) is 9.80 Å². The Kier molecular flexibility index (Phi) is 10.7. The van der Waals surface area contributed by atoms with Crippen molar-refractivity contribution in [3.8, 4) is 6.07 Å². The minimum absolute atomic E-state index is 0.692. The lowest BCUT2D eigenvalue weighted by Gasteiger charge is -2.27. The molecule has 0 spiro atoms. The Hall–Kier alpha value is -8.97. The van der Waals surface area contributed by atoms with E-state index in [0.717, 1.165) is 77.9 Å². The Morgan fingerprint density at radius 3 is 1.24 bits per heavy atom. The molecule has 0 amide bonds. The molecule has 0 heterocycles. The highest BCUT2D eigenvalue weighted by molar-refractivity contribution is 6.06. The zero-order chi connectivity index (χ0) is 44.2. The first-order valence-corrected chi connectivity index (χ1v) is 22.3. The molecule has 0 bridgehead atoms. The highest BCUT2D eigenvalue weighted by Crippen LogP contribution is 2.41. The fourth-order valence-corrected chi connectivity index (χ4v) is 9.15. The molecular formula is C63H43N3. The van der Waals surface area contributed by atoms with Crippen molar-refractivity contribution < 1.29 is 0 Å². The smallest absolute Gasteiger partial charge is 0.100 e. The number of hydrogen-bond donors (Lipinski definition) is 0. The number of para-hydroxylation sites is 2. The number of hydrogen-bond acceptors (Lipinski definition) is 3. The molecule has 0 aromatic heterocycles. The van der Waals surface area contributed by atoms with E-state index in [-0.39, 0.29) is 0 Å². The number of nitriles is 1. The average Bonchev–Trinajstić information content (AvgIpc) is 3.38. The fraction of sp³-hybridized carbons (Fsp3) is 0. The number of rotatable bonds is 10. The lowest BCUT2D eigenvalue weighted by Crippen LogP contribution is -2.10. The van der Waals surface area contributed by atoms with Crippen molar-refractivity contribution in [2.24, 2.45) is 0 Å². The topological polar surface area (TPSA) is 30.3 Å². The molecule has 0 fully saturated rings. The van der Waals surface area contributed by atoms with Gasteiger partial charge in [-0.15, -0.1) is 0 Å². The third-order valence-corrected chi connectivity index (χ3v) is 12.4. The highest BCUT2D eigenvalue weighted by atomic mass is 15.1. The normalized spacial score (nSPS) is 11.5. The summed E-state index contributed by atoms with van der Waals surface area (Å²) < 4.78 is 0. The van der Waals surface area contributed by atoms with Crippen LogP contribution in [0.15, 0.2) is 237 Å². The summed E-state index contributed by atoms with van der Waals surface area (Å²) in [5.74, 6) is 0. The van der Waals surface area contributed by atoms with Crippen LogP contribution in [0.2, 0.25) is 0 Å². The molecule has 0 aliphatic rings. The van der Waals surface area contributed by atoms with Crippen molar-refractivity contribution in [3.05, 3.63) is 264 Å². The number of fused-ring (bicyclic) bond motifs is 4. The van der Waals surface area contributed by atoms with Crippen LogP contribution in [-0.4, -0.2) is 0 Å². The van der Waals surface area contributed by atoms with Crippen LogP contribution in [0, 0.1) is 11.3 Å². The third-order valence-electron chi connectivity index (χ3n) is 12.4. The summed E-state index contributed by atoms with van der Waals surface area (Å²) in [6, 6.07) is 86.0. The second-order valence-corrected chi connectivity index (χ2v) is 16.5.